The highest BCUT2D eigenvalue weighted by Crippen LogP contribution is 2.39. The van der Waals surface area contributed by atoms with Gasteiger partial charge < -0.3 is 0 Å². The Labute approximate surface area is 148 Å². The number of hydrogen-bond donors (Lipinski definition) is 0. The summed E-state index contributed by atoms with van der Waals surface area (Å²) in [5.74, 6) is 0. The molecule has 25 heavy (non-hydrogen) atoms. The first-order valence-electron chi connectivity index (χ1n) is 8.40. The highest BCUT2D eigenvalue weighted by atomic mass is 32.1. The lowest BCUT2D eigenvalue weighted by Crippen LogP contribution is -1.83. The molecule has 0 atom stereocenters. The Balaban J connectivity index is 1.86. The summed E-state index contributed by atoms with van der Waals surface area (Å²) in [6.07, 6.45) is 2.03. The summed E-state index contributed by atoms with van der Waals surface area (Å²) in [6, 6.07) is 26.2. The molecule has 0 aliphatic carbocycles. The van der Waals surface area contributed by atoms with Crippen LogP contribution in [0, 0.1) is 0 Å². The van der Waals surface area contributed by atoms with Crippen LogP contribution in [0.3, 0.4) is 0 Å². The van der Waals surface area contributed by atoms with Crippen molar-refractivity contribution in [2.24, 2.45) is 0 Å². The van der Waals surface area contributed by atoms with Gasteiger partial charge >= 0.3 is 0 Å². The molecule has 0 saturated heterocycles. The second kappa shape index (κ2) is 4.78. The van der Waals surface area contributed by atoms with Crippen molar-refractivity contribution in [3.05, 3.63) is 79.0 Å². The lowest BCUT2D eigenvalue weighted by molar-refractivity contribution is 1.46. The van der Waals surface area contributed by atoms with Gasteiger partial charge in [0.25, 0.3) is 0 Å². The average Bonchev–Trinajstić information content (AvgIpc) is 3.05. The Hall–Kier alpha value is -2.97. The molecule has 0 spiro atoms. The third-order valence-electron chi connectivity index (χ3n) is 5.07. The van der Waals surface area contributed by atoms with Gasteiger partial charge in [-0.25, -0.2) is 0 Å². The molecule has 6 aromatic rings. The van der Waals surface area contributed by atoms with Crippen LogP contribution >= 0.6 is 11.3 Å². The fourth-order valence-electron chi connectivity index (χ4n) is 3.91. The van der Waals surface area contributed by atoms with Gasteiger partial charge in [-0.3, -0.25) is 4.98 Å². The molecule has 1 nitrogen and oxygen atoms in total. The number of hydrogen-bond acceptors (Lipinski definition) is 2. The standard InChI is InChI=1S/C23H13NS/c1-2-6-16-14(5-1)9-10-15-11-19-20(12-18(15)16)24-13-22-23(19)17-7-3-4-8-21(17)25-22/h1-13H. The van der Waals surface area contributed by atoms with E-state index in [1.165, 1.54) is 47.1 Å². The Bertz CT molecular complexity index is 1440. The van der Waals surface area contributed by atoms with Gasteiger partial charge in [-0.05, 0) is 39.7 Å². The monoisotopic (exact) mass is 335 g/mol. The molecule has 0 radical (unpaired) electrons. The van der Waals surface area contributed by atoms with Gasteiger partial charge in [-0.2, -0.15) is 0 Å². The summed E-state index contributed by atoms with van der Waals surface area (Å²) in [5, 5.41) is 9.02. The minimum absolute atomic E-state index is 1.07. The number of pyridine rings is 1. The van der Waals surface area contributed by atoms with Crippen molar-refractivity contribution in [1.29, 1.82) is 0 Å². The van der Waals surface area contributed by atoms with Crippen LogP contribution in [0.4, 0.5) is 0 Å². The van der Waals surface area contributed by atoms with E-state index in [-0.39, 0.29) is 0 Å². The molecular weight excluding hydrogens is 322 g/mol. The van der Waals surface area contributed by atoms with Crippen molar-refractivity contribution in [2.45, 2.75) is 0 Å². The van der Waals surface area contributed by atoms with E-state index >= 15 is 0 Å². The van der Waals surface area contributed by atoms with Crippen LogP contribution in [0.2, 0.25) is 0 Å². The number of rotatable bonds is 0. The van der Waals surface area contributed by atoms with Crippen molar-refractivity contribution >= 4 is 64.0 Å². The fraction of sp³-hybridized carbons (Fsp3) is 0. The number of benzene rings is 4. The van der Waals surface area contributed by atoms with E-state index < -0.39 is 0 Å². The van der Waals surface area contributed by atoms with Crippen LogP contribution in [0.1, 0.15) is 0 Å². The summed E-state index contributed by atoms with van der Waals surface area (Å²) in [5.41, 5.74) is 1.07. The van der Waals surface area contributed by atoms with Gasteiger partial charge in [-0.15, -0.1) is 11.3 Å². The van der Waals surface area contributed by atoms with Crippen LogP contribution in [0.5, 0.6) is 0 Å². The molecule has 6 rings (SSSR count). The zero-order valence-corrected chi connectivity index (χ0v) is 14.2. The van der Waals surface area contributed by atoms with E-state index in [0.29, 0.717) is 0 Å². The molecule has 0 bridgehead atoms. The normalized spacial score (nSPS) is 12.0. The predicted molar refractivity (Wildman–Crippen MR) is 110 cm³/mol. The smallest absolute Gasteiger partial charge is 0.0715 e. The Morgan fingerprint density at radius 2 is 1.40 bits per heavy atom. The Morgan fingerprint density at radius 1 is 0.600 bits per heavy atom. The molecule has 0 fully saturated rings. The summed E-state index contributed by atoms with van der Waals surface area (Å²) in [4.78, 5) is 4.77. The maximum Gasteiger partial charge on any atom is 0.0715 e. The summed E-state index contributed by atoms with van der Waals surface area (Å²) in [6.45, 7) is 0. The first kappa shape index (κ1) is 13.3. The lowest BCUT2D eigenvalue weighted by atomic mass is 9.98. The van der Waals surface area contributed by atoms with Crippen molar-refractivity contribution < 1.29 is 0 Å². The highest BCUT2D eigenvalue weighted by Gasteiger charge is 2.11. The van der Waals surface area contributed by atoms with Gasteiger partial charge in [0, 0.05) is 27.1 Å². The van der Waals surface area contributed by atoms with Crippen molar-refractivity contribution in [3.63, 3.8) is 0 Å². The molecule has 0 unspecified atom stereocenters. The average molecular weight is 335 g/mol. The molecule has 2 aromatic heterocycles. The molecule has 4 aromatic carbocycles. The highest BCUT2D eigenvalue weighted by molar-refractivity contribution is 7.26. The molecule has 0 amide bonds. The van der Waals surface area contributed by atoms with E-state index in [4.69, 9.17) is 4.98 Å². The van der Waals surface area contributed by atoms with Crippen molar-refractivity contribution in [2.75, 3.05) is 0 Å². The van der Waals surface area contributed by atoms with E-state index in [2.05, 4.69) is 72.8 Å². The number of nitrogens with zero attached hydrogens (tertiary/aromatic N) is 1. The first-order valence-corrected chi connectivity index (χ1v) is 9.22. The van der Waals surface area contributed by atoms with Crippen LogP contribution < -0.4 is 0 Å². The van der Waals surface area contributed by atoms with Crippen molar-refractivity contribution in [1.82, 2.24) is 4.98 Å². The third-order valence-corrected chi connectivity index (χ3v) is 6.18. The van der Waals surface area contributed by atoms with Gasteiger partial charge in [0.05, 0.1) is 10.2 Å². The van der Waals surface area contributed by atoms with Crippen LogP contribution in [0.25, 0.3) is 52.6 Å². The summed E-state index contributed by atoms with van der Waals surface area (Å²) >= 11 is 1.82. The Morgan fingerprint density at radius 3 is 2.36 bits per heavy atom. The first-order chi connectivity index (χ1) is 12.4. The van der Waals surface area contributed by atoms with Crippen LogP contribution in [-0.4, -0.2) is 4.98 Å². The van der Waals surface area contributed by atoms with Gasteiger partial charge in [0.15, 0.2) is 0 Å². The van der Waals surface area contributed by atoms with Gasteiger partial charge in [0.1, 0.15) is 0 Å². The zero-order valence-electron chi connectivity index (χ0n) is 13.4. The molecule has 0 aliphatic rings. The fourth-order valence-corrected chi connectivity index (χ4v) is 5.00. The number of thiophene rings is 1. The van der Waals surface area contributed by atoms with Crippen molar-refractivity contribution in [3.8, 4) is 0 Å². The van der Waals surface area contributed by atoms with Gasteiger partial charge in [-0.1, -0.05) is 54.6 Å². The lowest BCUT2D eigenvalue weighted by Gasteiger charge is -2.07. The third kappa shape index (κ3) is 1.80. The maximum absolute atomic E-state index is 4.77. The molecule has 2 heterocycles. The van der Waals surface area contributed by atoms with Crippen LogP contribution in [-0.2, 0) is 0 Å². The summed E-state index contributed by atoms with van der Waals surface area (Å²) < 4.78 is 2.58. The maximum atomic E-state index is 4.77. The zero-order chi connectivity index (χ0) is 16.4. The Kier molecular flexibility index (Phi) is 2.55. The van der Waals surface area contributed by atoms with Gasteiger partial charge in [0.2, 0.25) is 0 Å². The molecule has 0 aliphatic heterocycles. The minimum Gasteiger partial charge on any atom is -0.255 e. The SMILES string of the molecule is c1ccc2c(c1)ccc1cc3c(cc12)ncc1sc2ccccc2c13. The molecule has 0 N–H and O–H groups in total. The second-order valence-corrected chi connectivity index (χ2v) is 7.56. The van der Waals surface area contributed by atoms with Crippen LogP contribution in [0.15, 0.2) is 79.0 Å². The minimum atomic E-state index is 1.07. The number of fused-ring (bicyclic) bond motifs is 8. The second-order valence-electron chi connectivity index (χ2n) is 6.47. The topological polar surface area (TPSA) is 12.9 Å². The molecule has 116 valence electrons. The van der Waals surface area contributed by atoms with E-state index in [1.807, 2.05) is 17.5 Å². The molecule has 0 saturated carbocycles. The quantitative estimate of drug-likeness (QED) is 0.217. The number of aromatic nitrogens is 1. The van der Waals surface area contributed by atoms with E-state index in [0.717, 1.165) is 5.52 Å². The largest absolute Gasteiger partial charge is 0.255 e. The van der Waals surface area contributed by atoms with E-state index in [1.54, 1.807) is 0 Å². The summed E-state index contributed by atoms with van der Waals surface area (Å²) in [7, 11) is 0. The predicted octanol–water partition coefficient (Wildman–Crippen LogP) is 6.91. The molecule has 2 heteroatoms. The van der Waals surface area contributed by atoms with E-state index in [9.17, 15) is 0 Å². The molecular formula is C23H13NS.